The topological polar surface area (TPSA) is 83.6 Å². The van der Waals surface area contributed by atoms with Gasteiger partial charge in [-0.05, 0) is 50.2 Å². The summed E-state index contributed by atoms with van der Waals surface area (Å²) in [5.41, 5.74) is 4.58. The van der Waals surface area contributed by atoms with Crippen molar-refractivity contribution >= 4 is 5.91 Å². The molecule has 2 N–H and O–H groups in total. The van der Waals surface area contributed by atoms with Crippen molar-refractivity contribution in [3.8, 4) is 0 Å². The Kier molecular flexibility index (Phi) is 4.46. The molecule has 0 fully saturated rings. The number of carbonyl (C=O) groups is 1. The molecule has 1 aliphatic rings. The fourth-order valence-corrected chi connectivity index (χ4v) is 2.86. The number of amides is 1. The second-order valence-electron chi connectivity index (χ2n) is 5.74. The van der Waals surface area contributed by atoms with Crippen LogP contribution in [0.5, 0.6) is 0 Å². The first-order valence-electron chi connectivity index (χ1n) is 7.82. The Morgan fingerprint density at radius 3 is 3.00 bits per heavy atom. The first kappa shape index (κ1) is 14.7. The Morgan fingerprint density at radius 1 is 1.32 bits per heavy atom. The molecule has 0 unspecified atom stereocenters. The van der Waals surface area contributed by atoms with Gasteiger partial charge >= 0.3 is 0 Å². The van der Waals surface area contributed by atoms with Crippen LogP contribution >= 0.6 is 0 Å². The summed E-state index contributed by atoms with van der Waals surface area (Å²) < 4.78 is 0. The summed E-state index contributed by atoms with van der Waals surface area (Å²) in [4.78, 5) is 21.0. The minimum Gasteiger partial charge on any atom is -0.349 e. The molecule has 116 valence electrons. The first-order valence-corrected chi connectivity index (χ1v) is 7.82. The molecular formula is C16H21N5O. The predicted molar refractivity (Wildman–Crippen MR) is 82.2 cm³/mol. The Hall–Kier alpha value is -2.24. The van der Waals surface area contributed by atoms with Crippen molar-refractivity contribution < 1.29 is 4.79 Å². The number of aryl methyl sites for hydroxylation is 3. The van der Waals surface area contributed by atoms with E-state index in [1.807, 2.05) is 13.1 Å². The predicted octanol–water partition coefficient (Wildman–Crippen LogP) is 1.64. The average molecular weight is 299 g/mol. The lowest BCUT2D eigenvalue weighted by Gasteiger charge is -2.17. The molecule has 0 aromatic carbocycles. The molecule has 3 rings (SSSR count). The molecule has 1 aliphatic carbocycles. The highest BCUT2D eigenvalue weighted by atomic mass is 16.1. The molecule has 2 aromatic heterocycles. The Labute approximate surface area is 129 Å². The van der Waals surface area contributed by atoms with Gasteiger partial charge in [0.1, 0.15) is 5.82 Å². The highest BCUT2D eigenvalue weighted by Crippen LogP contribution is 2.21. The number of hydrogen-bond donors (Lipinski definition) is 2. The van der Waals surface area contributed by atoms with Crippen molar-refractivity contribution in [2.75, 3.05) is 0 Å². The van der Waals surface area contributed by atoms with Gasteiger partial charge in [0.05, 0.1) is 12.7 Å². The summed E-state index contributed by atoms with van der Waals surface area (Å²) >= 11 is 0. The summed E-state index contributed by atoms with van der Waals surface area (Å²) in [7, 11) is 0. The van der Waals surface area contributed by atoms with Crippen molar-refractivity contribution in [3.63, 3.8) is 0 Å². The van der Waals surface area contributed by atoms with E-state index < -0.39 is 0 Å². The van der Waals surface area contributed by atoms with Crippen molar-refractivity contribution in [2.24, 2.45) is 0 Å². The Morgan fingerprint density at radius 2 is 2.18 bits per heavy atom. The lowest BCUT2D eigenvalue weighted by Crippen LogP contribution is -2.25. The molecule has 2 heterocycles. The Bertz CT molecular complexity index is 651. The molecule has 0 bridgehead atoms. The number of aromatic nitrogens is 4. The number of H-pyrrole nitrogens is 1. The molecule has 22 heavy (non-hydrogen) atoms. The van der Waals surface area contributed by atoms with Crippen LogP contribution in [0.4, 0.5) is 0 Å². The van der Waals surface area contributed by atoms with Gasteiger partial charge < -0.3 is 5.32 Å². The van der Waals surface area contributed by atoms with Gasteiger partial charge in [-0.15, -0.1) is 0 Å². The van der Waals surface area contributed by atoms with Gasteiger partial charge in [-0.2, -0.15) is 5.10 Å². The largest absolute Gasteiger partial charge is 0.349 e. The SMILES string of the molecule is Cc1nc(CNC(=O)CCc2cn[nH]c2)nc2c1CCCC2. The Balaban J connectivity index is 1.54. The van der Waals surface area contributed by atoms with E-state index >= 15 is 0 Å². The second-order valence-corrected chi connectivity index (χ2v) is 5.74. The quantitative estimate of drug-likeness (QED) is 0.879. The zero-order chi connectivity index (χ0) is 15.4. The summed E-state index contributed by atoms with van der Waals surface area (Å²) in [6.45, 7) is 2.44. The average Bonchev–Trinajstić information content (AvgIpc) is 3.04. The van der Waals surface area contributed by atoms with Crippen LogP contribution in [0.2, 0.25) is 0 Å². The zero-order valence-corrected chi connectivity index (χ0v) is 12.9. The van der Waals surface area contributed by atoms with E-state index in [1.165, 1.54) is 24.1 Å². The number of fused-ring (bicyclic) bond motifs is 1. The number of rotatable bonds is 5. The molecule has 0 aliphatic heterocycles. The zero-order valence-electron chi connectivity index (χ0n) is 12.9. The summed E-state index contributed by atoms with van der Waals surface area (Å²) in [5.74, 6) is 0.731. The molecule has 0 spiro atoms. The van der Waals surface area contributed by atoms with E-state index in [4.69, 9.17) is 0 Å². The number of hydrogen-bond acceptors (Lipinski definition) is 4. The standard InChI is InChI=1S/C16H21N5O/c1-11-13-4-2-3-5-14(13)21-15(20-11)10-17-16(22)7-6-12-8-18-19-9-12/h8-9H,2-7,10H2,1H3,(H,17,22)(H,18,19). The third kappa shape index (κ3) is 3.50. The monoisotopic (exact) mass is 299 g/mol. The second kappa shape index (κ2) is 6.68. The molecule has 6 nitrogen and oxygen atoms in total. The smallest absolute Gasteiger partial charge is 0.220 e. The fraction of sp³-hybridized carbons (Fsp3) is 0.500. The molecule has 2 aromatic rings. The molecule has 0 radical (unpaired) electrons. The van der Waals surface area contributed by atoms with Crippen molar-refractivity contribution in [2.45, 2.75) is 52.0 Å². The van der Waals surface area contributed by atoms with E-state index in [0.717, 1.165) is 29.9 Å². The number of nitrogens with one attached hydrogen (secondary N) is 2. The van der Waals surface area contributed by atoms with Crippen molar-refractivity contribution in [1.82, 2.24) is 25.5 Å². The molecular weight excluding hydrogens is 278 g/mol. The van der Waals surface area contributed by atoms with Crippen molar-refractivity contribution in [1.29, 1.82) is 0 Å². The number of nitrogens with zero attached hydrogens (tertiary/aromatic N) is 3. The lowest BCUT2D eigenvalue weighted by molar-refractivity contribution is -0.121. The van der Waals surface area contributed by atoms with Gasteiger partial charge in [-0.3, -0.25) is 9.89 Å². The van der Waals surface area contributed by atoms with E-state index in [1.54, 1.807) is 6.20 Å². The molecule has 0 atom stereocenters. The lowest BCUT2D eigenvalue weighted by atomic mass is 9.95. The molecule has 6 heteroatoms. The third-order valence-corrected chi connectivity index (χ3v) is 4.08. The van der Waals surface area contributed by atoms with Gasteiger partial charge in [0.25, 0.3) is 0 Å². The van der Waals surface area contributed by atoms with Gasteiger partial charge in [0.15, 0.2) is 0 Å². The molecule has 0 saturated heterocycles. The highest BCUT2D eigenvalue weighted by Gasteiger charge is 2.15. The van der Waals surface area contributed by atoms with Crippen LogP contribution in [-0.2, 0) is 30.6 Å². The van der Waals surface area contributed by atoms with Crippen molar-refractivity contribution in [3.05, 3.63) is 40.7 Å². The normalized spacial score (nSPS) is 13.7. The minimum atomic E-state index is 0.0140. The van der Waals surface area contributed by atoms with E-state index in [0.29, 0.717) is 19.4 Å². The third-order valence-electron chi connectivity index (χ3n) is 4.08. The number of carbonyl (C=O) groups excluding carboxylic acids is 1. The van der Waals surface area contributed by atoms with Gasteiger partial charge in [-0.25, -0.2) is 9.97 Å². The van der Waals surface area contributed by atoms with Crippen LogP contribution in [0, 0.1) is 6.92 Å². The molecule has 1 amide bonds. The highest BCUT2D eigenvalue weighted by molar-refractivity contribution is 5.76. The maximum atomic E-state index is 11.9. The summed E-state index contributed by atoms with van der Waals surface area (Å²) in [6.07, 6.45) is 9.21. The van der Waals surface area contributed by atoms with E-state index in [2.05, 4.69) is 25.5 Å². The summed E-state index contributed by atoms with van der Waals surface area (Å²) in [6, 6.07) is 0. The maximum Gasteiger partial charge on any atom is 0.220 e. The van der Waals surface area contributed by atoms with Crippen LogP contribution in [0.3, 0.4) is 0 Å². The van der Waals surface area contributed by atoms with E-state index in [-0.39, 0.29) is 5.91 Å². The van der Waals surface area contributed by atoms with Crippen LogP contribution in [0.15, 0.2) is 12.4 Å². The molecule has 0 saturated carbocycles. The van der Waals surface area contributed by atoms with E-state index in [9.17, 15) is 4.79 Å². The van der Waals surface area contributed by atoms with Gasteiger partial charge in [0, 0.05) is 24.0 Å². The van der Waals surface area contributed by atoms with Gasteiger partial charge in [0.2, 0.25) is 5.91 Å². The van der Waals surface area contributed by atoms with Crippen LogP contribution in [0.25, 0.3) is 0 Å². The maximum absolute atomic E-state index is 11.9. The van der Waals surface area contributed by atoms with Gasteiger partial charge in [-0.1, -0.05) is 0 Å². The fourth-order valence-electron chi connectivity index (χ4n) is 2.86. The summed E-state index contributed by atoms with van der Waals surface area (Å²) in [5, 5.41) is 9.51. The minimum absolute atomic E-state index is 0.0140. The van der Waals surface area contributed by atoms with Crippen LogP contribution < -0.4 is 5.32 Å². The number of aromatic amines is 1. The first-order chi connectivity index (χ1) is 10.7. The van der Waals surface area contributed by atoms with Crippen LogP contribution in [-0.4, -0.2) is 26.1 Å². The van der Waals surface area contributed by atoms with Crippen LogP contribution in [0.1, 0.15) is 47.6 Å².